The molecule has 5 aromatic rings. The molecule has 34 heavy (non-hydrogen) atoms. The Kier molecular flexibility index (Phi) is 5.46. The molecule has 172 valence electrons. The molecule has 0 saturated carbocycles. The van der Waals surface area contributed by atoms with Crippen molar-refractivity contribution in [3.8, 4) is 22.5 Å². The van der Waals surface area contributed by atoms with Crippen molar-refractivity contribution in [1.29, 1.82) is 0 Å². The first-order chi connectivity index (χ1) is 16.5. The van der Waals surface area contributed by atoms with Crippen LogP contribution in [0.3, 0.4) is 0 Å². The second-order valence-corrected chi connectivity index (χ2v) is 8.25. The van der Waals surface area contributed by atoms with Crippen LogP contribution in [-0.4, -0.2) is 39.4 Å². The van der Waals surface area contributed by atoms with E-state index in [4.69, 9.17) is 0 Å². The zero-order valence-corrected chi connectivity index (χ0v) is 18.9. The first-order valence-corrected chi connectivity index (χ1v) is 10.9. The van der Waals surface area contributed by atoms with E-state index in [1.54, 1.807) is 17.9 Å². The minimum Gasteiger partial charge on any atom is -0.389 e. The summed E-state index contributed by atoms with van der Waals surface area (Å²) in [6, 6.07) is 19.8. The largest absolute Gasteiger partial charge is 0.389 e. The SMILES string of the molecule is Cn1c(=O)c2c(ncn2C[C@@H](O)Cn2cnc(-c3ccccc3)c2-c2ccccc2)n(C)c1=O. The summed E-state index contributed by atoms with van der Waals surface area (Å²) in [5, 5.41) is 11.0. The molecule has 0 unspecified atom stereocenters. The number of aromatic nitrogens is 6. The van der Waals surface area contributed by atoms with Gasteiger partial charge in [-0.2, -0.15) is 0 Å². The molecule has 0 saturated heterocycles. The van der Waals surface area contributed by atoms with E-state index in [0.717, 1.165) is 27.1 Å². The summed E-state index contributed by atoms with van der Waals surface area (Å²) in [6.45, 7) is 0.396. The van der Waals surface area contributed by atoms with Crippen molar-refractivity contribution in [2.24, 2.45) is 14.1 Å². The summed E-state index contributed by atoms with van der Waals surface area (Å²) < 4.78 is 5.89. The molecule has 0 aliphatic heterocycles. The summed E-state index contributed by atoms with van der Waals surface area (Å²) in [5.74, 6) is 0. The number of benzene rings is 2. The van der Waals surface area contributed by atoms with Gasteiger partial charge >= 0.3 is 5.69 Å². The minimum absolute atomic E-state index is 0.136. The van der Waals surface area contributed by atoms with Gasteiger partial charge in [0.1, 0.15) is 0 Å². The van der Waals surface area contributed by atoms with Crippen molar-refractivity contribution in [3.05, 3.63) is 94.2 Å². The van der Waals surface area contributed by atoms with Gasteiger partial charge in [-0.3, -0.25) is 13.9 Å². The smallest absolute Gasteiger partial charge is 0.332 e. The summed E-state index contributed by atoms with van der Waals surface area (Å²) in [6.07, 6.45) is 2.37. The molecule has 0 bridgehead atoms. The Labute approximate surface area is 194 Å². The van der Waals surface area contributed by atoms with E-state index in [9.17, 15) is 14.7 Å². The number of hydrogen-bond donors (Lipinski definition) is 1. The number of fused-ring (bicyclic) bond motifs is 1. The molecule has 5 rings (SSSR count). The molecule has 3 aromatic heterocycles. The topological polar surface area (TPSA) is 99.9 Å². The molecular formula is C25H24N6O3. The molecule has 1 N–H and O–H groups in total. The quantitative estimate of drug-likeness (QED) is 0.421. The van der Waals surface area contributed by atoms with Crippen molar-refractivity contribution in [2.45, 2.75) is 19.2 Å². The molecular weight excluding hydrogens is 432 g/mol. The van der Waals surface area contributed by atoms with Gasteiger partial charge in [0, 0.05) is 25.2 Å². The Morgan fingerprint density at radius 1 is 0.794 bits per heavy atom. The molecule has 9 heteroatoms. The standard InChI is InChI=1S/C25H24N6O3/c1-28-23-22(24(33)29(2)25(28)34)31(16-27-23)14-19(32)13-30-15-26-20(17-9-5-3-6-10-17)21(30)18-11-7-4-8-12-18/h3-12,15-16,19,32H,13-14H2,1-2H3/t19-/m0/s1. The van der Waals surface area contributed by atoms with Crippen molar-refractivity contribution in [2.75, 3.05) is 0 Å². The van der Waals surface area contributed by atoms with Gasteiger partial charge < -0.3 is 14.2 Å². The van der Waals surface area contributed by atoms with E-state index < -0.39 is 17.4 Å². The highest BCUT2D eigenvalue weighted by Gasteiger charge is 2.19. The van der Waals surface area contributed by atoms with Crippen LogP contribution in [0, 0.1) is 0 Å². The molecule has 0 aliphatic rings. The fourth-order valence-electron chi connectivity index (χ4n) is 4.27. The Morgan fingerprint density at radius 2 is 1.38 bits per heavy atom. The van der Waals surface area contributed by atoms with Crippen molar-refractivity contribution >= 4 is 11.2 Å². The van der Waals surface area contributed by atoms with E-state index in [-0.39, 0.29) is 18.6 Å². The number of imidazole rings is 2. The first kappa shape index (κ1) is 21.6. The average Bonchev–Trinajstić information content (AvgIpc) is 3.47. The van der Waals surface area contributed by atoms with Gasteiger partial charge in [0.2, 0.25) is 0 Å². The van der Waals surface area contributed by atoms with Crippen LogP contribution >= 0.6 is 0 Å². The molecule has 0 spiro atoms. The minimum atomic E-state index is -0.834. The zero-order valence-electron chi connectivity index (χ0n) is 18.9. The van der Waals surface area contributed by atoms with Crippen LogP contribution in [0.2, 0.25) is 0 Å². The van der Waals surface area contributed by atoms with Crippen molar-refractivity contribution in [1.82, 2.24) is 28.2 Å². The molecule has 0 aliphatic carbocycles. The van der Waals surface area contributed by atoms with Gasteiger partial charge in [0.15, 0.2) is 11.2 Å². The zero-order chi connectivity index (χ0) is 23.8. The maximum absolute atomic E-state index is 12.7. The number of rotatable bonds is 6. The van der Waals surface area contributed by atoms with E-state index in [1.807, 2.05) is 65.2 Å². The number of nitrogens with zero attached hydrogens (tertiary/aromatic N) is 6. The third-order valence-electron chi connectivity index (χ3n) is 5.96. The van der Waals surface area contributed by atoms with Crippen molar-refractivity contribution < 1.29 is 5.11 Å². The Morgan fingerprint density at radius 3 is 2.06 bits per heavy atom. The maximum atomic E-state index is 12.7. The van der Waals surface area contributed by atoms with Crippen molar-refractivity contribution in [3.63, 3.8) is 0 Å². The van der Waals surface area contributed by atoms with Gasteiger partial charge in [-0.15, -0.1) is 0 Å². The summed E-state index contributed by atoms with van der Waals surface area (Å²) in [5.41, 5.74) is 3.39. The summed E-state index contributed by atoms with van der Waals surface area (Å²) in [7, 11) is 3.00. The monoisotopic (exact) mass is 456 g/mol. The third-order valence-corrected chi connectivity index (χ3v) is 5.96. The lowest BCUT2D eigenvalue weighted by atomic mass is 10.0. The van der Waals surface area contributed by atoms with Crippen LogP contribution in [0.1, 0.15) is 0 Å². The van der Waals surface area contributed by atoms with E-state index in [1.165, 1.54) is 17.9 Å². The number of hydrogen-bond acceptors (Lipinski definition) is 5. The number of aliphatic hydroxyl groups excluding tert-OH is 1. The molecule has 9 nitrogen and oxygen atoms in total. The highest BCUT2D eigenvalue weighted by atomic mass is 16.3. The van der Waals surface area contributed by atoms with Crippen LogP contribution in [0.4, 0.5) is 0 Å². The highest BCUT2D eigenvalue weighted by Crippen LogP contribution is 2.31. The molecule has 0 radical (unpaired) electrons. The first-order valence-electron chi connectivity index (χ1n) is 10.9. The number of aliphatic hydroxyl groups is 1. The summed E-state index contributed by atoms with van der Waals surface area (Å²) in [4.78, 5) is 33.8. The van der Waals surface area contributed by atoms with Gasteiger partial charge in [0.05, 0.1) is 43.2 Å². The van der Waals surface area contributed by atoms with E-state index in [0.29, 0.717) is 5.65 Å². The lowest BCUT2D eigenvalue weighted by molar-refractivity contribution is 0.136. The molecule has 0 fully saturated rings. The fraction of sp³-hybridized carbons (Fsp3) is 0.200. The molecule has 0 amide bonds. The van der Waals surface area contributed by atoms with Crippen LogP contribution in [-0.2, 0) is 27.2 Å². The second-order valence-electron chi connectivity index (χ2n) is 8.25. The van der Waals surface area contributed by atoms with Crippen LogP contribution < -0.4 is 11.2 Å². The van der Waals surface area contributed by atoms with Crippen LogP contribution in [0.5, 0.6) is 0 Å². The predicted octanol–water partition coefficient (Wildman–Crippen LogP) is 2.03. The average molecular weight is 457 g/mol. The lowest BCUT2D eigenvalue weighted by Crippen LogP contribution is -2.38. The molecule has 2 aromatic carbocycles. The lowest BCUT2D eigenvalue weighted by Gasteiger charge is -2.16. The van der Waals surface area contributed by atoms with E-state index in [2.05, 4.69) is 9.97 Å². The normalized spacial score (nSPS) is 12.3. The Bertz CT molecular complexity index is 1580. The van der Waals surface area contributed by atoms with Gasteiger partial charge in [-0.05, 0) is 0 Å². The second kappa shape index (κ2) is 8.60. The maximum Gasteiger partial charge on any atom is 0.332 e. The Hall–Kier alpha value is -4.24. The highest BCUT2D eigenvalue weighted by molar-refractivity contribution is 5.78. The fourth-order valence-corrected chi connectivity index (χ4v) is 4.27. The van der Waals surface area contributed by atoms with Crippen LogP contribution in [0.15, 0.2) is 82.9 Å². The van der Waals surface area contributed by atoms with Crippen LogP contribution in [0.25, 0.3) is 33.7 Å². The molecule has 3 heterocycles. The Balaban J connectivity index is 1.51. The molecule has 1 atom stereocenters. The third kappa shape index (κ3) is 3.65. The van der Waals surface area contributed by atoms with E-state index >= 15 is 0 Å². The summed E-state index contributed by atoms with van der Waals surface area (Å²) >= 11 is 0. The number of aryl methyl sites for hydroxylation is 1. The van der Waals surface area contributed by atoms with Gasteiger partial charge in [0.25, 0.3) is 5.56 Å². The predicted molar refractivity (Wildman–Crippen MR) is 129 cm³/mol. The van der Waals surface area contributed by atoms with Gasteiger partial charge in [-0.25, -0.2) is 14.8 Å². The van der Waals surface area contributed by atoms with Gasteiger partial charge in [-0.1, -0.05) is 60.7 Å².